The fraction of sp³-hybridized carbons (Fsp3) is 0.455. The number of aliphatic hydroxyl groups excluding tert-OH is 2. The van der Waals surface area contributed by atoms with Crippen molar-refractivity contribution in [2.75, 3.05) is 19.7 Å². The second kappa shape index (κ2) is 9.69. The molecule has 0 bridgehead atoms. The van der Waals surface area contributed by atoms with Crippen molar-refractivity contribution in [2.45, 2.75) is 12.5 Å². The van der Waals surface area contributed by atoms with E-state index in [0.29, 0.717) is 25.1 Å². The number of phenols is 2. The average Bonchev–Trinajstić information content (AvgIpc) is 2.35. The first-order valence-corrected chi connectivity index (χ1v) is 7.51. The van der Waals surface area contributed by atoms with Crippen LogP contribution in [-0.2, 0) is 4.57 Å². The van der Waals surface area contributed by atoms with Crippen molar-refractivity contribution in [3.8, 4) is 11.5 Å². The van der Waals surface area contributed by atoms with Crippen LogP contribution in [0.5, 0.6) is 11.5 Å². The van der Waals surface area contributed by atoms with Crippen molar-refractivity contribution in [1.29, 1.82) is 0 Å². The number of phenolic OH excluding ortho intramolecular Hbond substituents is 2. The second-order valence-electron chi connectivity index (χ2n) is 4.06. The summed E-state index contributed by atoms with van der Waals surface area (Å²) in [6, 6.07) is 4.21. The molecule has 122 valence electrons. The fourth-order valence-electron chi connectivity index (χ4n) is 1.31. The number of aromatic hydroxyl groups is 2. The molecule has 1 aromatic rings. The van der Waals surface area contributed by atoms with Crippen molar-refractivity contribution < 1.29 is 39.7 Å². The van der Waals surface area contributed by atoms with E-state index in [-0.39, 0.29) is 18.1 Å². The van der Waals surface area contributed by atoms with Crippen molar-refractivity contribution in [1.82, 2.24) is 5.32 Å². The molecule has 0 aliphatic heterocycles. The number of aliphatic hydroxyl groups is 2. The van der Waals surface area contributed by atoms with Crippen LogP contribution in [0, 0.1) is 0 Å². The van der Waals surface area contributed by atoms with Crippen LogP contribution in [0.15, 0.2) is 18.2 Å². The minimum Gasteiger partial charge on any atom is -0.504 e. The van der Waals surface area contributed by atoms with Gasteiger partial charge in [0.1, 0.15) is 0 Å². The Kier molecular flexibility index (Phi) is 9.14. The van der Waals surface area contributed by atoms with Gasteiger partial charge in [0.2, 0.25) is 0 Å². The summed E-state index contributed by atoms with van der Waals surface area (Å²) in [5.74, 6) is -0.448. The third-order valence-corrected chi connectivity index (χ3v) is 2.23. The third-order valence-electron chi connectivity index (χ3n) is 2.23. The van der Waals surface area contributed by atoms with E-state index >= 15 is 0 Å². The van der Waals surface area contributed by atoms with Gasteiger partial charge in [-0.05, 0) is 30.7 Å². The first-order valence-electron chi connectivity index (χ1n) is 5.95. The van der Waals surface area contributed by atoms with Crippen LogP contribution < -0.4 is 5.32 Å². The van der Waals surface area contributed by atoms with Gasteiger partial charge in [-0.3, -0.25) is 0 Å². The van der Waals surface area contributed by atoms with Gasteiger partial charge in [0.15, 0.2) is 11.5 Å². The highest BCUT2D eigenvalue weighted by Gasteiger charge is 2.09. The molecule has 0 heterocycles. The highest BCUT2D eigenvalue weighted by atomic mass is 31.2. The van der Waals surface area contributed by atoms with E-state index in [4.69, 9.17) is 29.5 Å². The SMILES string of the molecule is O=P(O)(O)O.OCCCNCC(O)c1ccc(O)c(O)c1. The Bertz CT molecular complexity index is 455. The molecule has 1 aromatic carbocycles. The summed E-state index contributed by atoms with van der Waals surface area (Å²) in [6.07, 6.45) is -0.113. The maximum absolute atomic E-state index is 9.72. The molecular formula is C11H20NO8P. The van der Waals surface area contributed by atoms with Crippen molar-refractivity contribution in [3.63, 3.8) is 0 Å². The third kappa shape index (κ3) is 11.2. The van der Waals surface area contributed by atoms with E-state index in [1.54, 1.807) is 6.07 Å². The van der Waals surface area contributed by atoms with E-state index < -0.39 is 13.9 Å². The molecule has 0 spiro atoms. The fourth-order valence-corrected chi connectivity index (χ4v) is 1.31. The number of benzene rings is 1. The van der Waals surface area contributed by atoms with Gasteiger partial charge in [-0.25, -0.2) is 4.57 Å². The van der Waals surface area contributed by atoms with Gasteiger partial charge in [0, 0.05) is 13.2 Å². The molecule has 1 rings (SSSR count). The second-order valence-corrected chi connectivity index (χ2v) is 5.09. The normalized spacial score (nSPS) is 12.4. The van der Waals surface area contributed by atoms with Crippen LogP contribution in [0.4, 0.5) is 0 Å². The smallest absolute Gasteiger partial charge is 0.466 e. The largest absolute Gasteiger partial charge is 0.504 e. The summed E-state index contributed by atoms with van der Waals surface area (Å²) in [6.45, 7) is 1.07. The Hall–Kier alpha value is -1.19. The molecule has 1 atom stereocenters. The summed E-state index contributed by atoms with van der Waals surface area (Å²) in [5, 5.41) is 39.6. The maximum Gasteiger partial charge on any atom is 0.466 e. The first kappa shape index (κ1) is 19.8. The van der Waals surface area contributed by atoms with E-state index in [1.807, 2.05) is 0 Å². The Morgan fingerprint density at radius 2 is 1.71 bits per heavy atom. The van der Waals surface area contributed by atoms with E-state index in [0.717, 1.165) is 0 Å². The maximum atomic E-state index is 9.72. The Morgan fingerprint density at radius 3 is 2.19 bits per heavy atom. The molecule has 0 aromatic heterocycles. The van der Waals surface area contributed by atoms with E-state index in [2.05, 4.69) is 5.32 Å². The van der Waals surface area contributed by atoms with Crippen LogP contribution in [0.25, 0.3) is 0 Å². The highest BCUT2D eigenvalue weighted by molar-refractivity contribution is 7.45. The van der Waals surface area contributed by atoms with Crippen molar-refractivity contribution >= 4 is 7.82 Å². The molecule has 8 N–H and O–H groups in total. The topological polar surface area (TPSA) is 171 Å². The molecule has 0 amide bonds. The number of hydrogen-bond acceptors (Lipinski definition) is 6. The van der Waals surface area contributed by atoms with E-state index in [9.17, 15) is 10.2 Å². The highest BCUT2D eigenvalue weighted by Crippen LogP contribution is 2.27. The molecule has 9 nitrogen and oxygen atoms in total. The summed E-state index contributed by atoms with van der Waals surface area (Å²) < 4.78 is 8.88. The Balaban J connectivity index is 0.000000690. The Labute approximate surface area is 121 Å². The van der Waals surface area contributed by atoms with Gasteiger partial charge in [-0.1, -0.05) is 6.07 Å². The molecule has 0 fully saturated rings. The predicted molar refractivity (Wildman–Crippen MR) is 73.6 cm³/mol. The zero-order valence-electron chi connectivity index (χ0n) is 11.1. The molecule has 21 heavy (non-hydrogen) atoms. The number of rotatable bonds is 6. The molecule has 0 saturated heterocycles. The van der Waals surface area contributed by atoms with E-state index in [1.165, 1.54) is 12.1 Å². The molecular weight excluding hydrogens is 305 g/mol. The molecule has 0 aliphatic carbocycles. The summed E-state index contributed by atoms with van der Waals surface area (Å²) in [7, 11) is -4.64. The first-order chi connectivity index (χ1) is 9.65. The lowest BCUT2D eigenvalue weighted by molar-refractivity contribution is 0.173. The lowest BCUT2D eigenvalue weighted by atomic mass is 10.1. The van der Waals surface area contributed by atoms with Gasteiger partial charge < -0.3 is 40.4 Å². The minimum atomic E-state index is -4.64. The van der Waals surface area contributed by atoms with Gasteiger partial charge >= 0.3 is 7.82 Å². The van der Waals surface area contributed by atoms with Crippen LogP contribution in [0.3, 0.4) is 0 Å². The summed E-state index contributed by atoms with van der Waals surface area (Å²) >= 11 is 0. The lowest BCUT2D eigenvalue weighted by Crippen LogP contribution is -2.23. The zero-order valence-corrected chi connectivity index (χ0v) is 12.0. The minimum absolute atomic E-state index is 0.114. The zero-order chi connectivity index (χ0) is 16.5. The molecule has 10 heteroatoms. The molecule has 0 saturated carbocycles. The quantitative estimate of drug-likeness (QED) is 0.189. The van der Waals surface area contributed by atoms with Gasteiger partial charge in [-0.2, -0.15) is 0 Å². The average molecular weight is 325 g/mol. The number of phosphoric acid groups is 1. The van der Waals surface area contributed by atoms with Gasteiger partial charge in [0.25, 0.3) is 0 Å². The monoisotopic (exact) mass is 325 g/mol. The lowest BCUT2D eigenvalue weighted by Gasteiger charge is -2.12. The molecule has 0 radical (unpaired) electrons. The standard InChI is InChI=1S/C11H17NO4.H3O4P/c13-5-1-4-12-7-11(16)8-2-3-9(14)10(15)6-8;1-5(2,3)4/h2-3,6,11-16H,1,4-5,7H2;(H3,1,2,3,4). The number of nitrogens with one attached hydrogen (secondary N) is 1. The van der Waals surface area contributed by atoms with Crippen LogP contribution in [0.1, 0.15) is 18.1 Å². The van der Waals surface area contributed by atoms with Crippen LogP contribution >= 0.6 is 7.82 Å². The Morgan fingerprint density at radius 1 is 1.14 bits per heavy atom. The number of hydrogen-bond donors (Lipinski definition) is 8. The van der Waals surface area contributed by atoms with Crippen LogP contribution in [-0.4, -0.2) is 54.8 Å². The predicted octanol–water partition coefficient (Wildman–Crippen LogP) is -0.825. The van der Waals surface area contributed by atoms with Crippen molar-refractivity contribution in [2.24, 2.45) is 0 Å². The molecule has 1 unspecified atom stereocenters. The summed E-state index contributed by atoms with van der Waals surface area (Å²) in [5.41, 5.74) is 0.534. The van der Waals surface area contributed by atoms with Gasteiger partial charge in [0.05, 0.1) is 6.10 Å². The van der Waals surface area contributed by atoms with Crippen LogP contribution in [0.2, 0.25) is 0 Å². The van der Waals surface area contributed by atoms with Crippen molar-refractivity contribution in [3.05, 3.63) is 23.8 Å². The molecule has 0 aliphatic rings. The summed E-state index contributed by atoms with van der Waals surface area (Å²) in [4.78, 5) is 21.6. The van der Waals surface area contributed by atoms with Gasteiger partial charge in [-0.15, -0.1) is 0 Å².